The van der Waals surface area contributed by atoms with Crippen molar-refractivity contribution in [2.75, 3.05) is 5.32 Å². The molecule has 0 aliphatic rings. The largest absolute Gasteiger partial charge is 0.436 e. The maximum atomic E-state index is 13.0. The van der Waals surface area contributed by atoms with Crippen molar-refractivity contribution < 1.29 is 13.6 Å². The van der Waals surface area contributed by atoms with E-state index in [0.717, 1.165) is 27.2 Å². The molecule has 0 saturated heterocycles. The van der Waals surface area contributed by atoms with Crippen LogP contribution in [0.5, 0.6) is 0 Å². The van der Waals surface area contributed by atoms with Gasteiger partial charge >= 0.3 is 5.63 Å². The molecule has 0 fully saturated rings. The Hall–Kier alpha value is -5.49. The first-order valence-corrected chi connectivity index (χ1v) is 12.5. The lowest BCUT2D eigenvalue weighted by Gasteiger charge is -2.08. The lowest BCUT2D eigenvalue weighted by molar-refractivity contribution is 0.102. The quantitative estimate of drug-likeness (QED) is 0.247. The van der Waals surface area contributed by atoms with Crippen molar-refractivity contribution in [2.45, 2.75) is 0 Å². The second-order valence-corrected chi connectivity index (χ2v) is 9.25. The summed E-state index contributed by atoms with van der Waals surface area (Å²) >= 11 is 0. The van der Waals surface area contributed by atoms with Crippen LogP contribution in [0.4, 0.5) is 5.69 Å². The second-order valence-electron chi connectivity index (χ2n) is 9.25. The van der Waals surface area contributed by atoms with Gasteiger partial charge in [-0.05, 0) is 59.5 Å². The molecule has 0 spiro atoms. The van der Waals surface area contributed by atoms with Crippen molar-refractivity contribution in [3.05, 3.63) is 131 Å². The SMILES string of the molecule is O=C(Nc1cccc(-c2nc3c(ccc4ccccc43)o2)c1)c1ccc(-c2cc3ccccc3oc2=O)cc1. The number of rotatable bonds is 4. The molecule has 0 aliphatic carbocycles. The maximum Gasteiger partial charge on any atom is 0.344 e. The van der Waals surface area contributed by atoms with Gasteiger partial charge in [0.05, 0.1) is 5.56 Å². The zero-order chi connectivity index (χ0) is 26.3. The van der Waals surface area contributed by atoms with Crippen molar-refractivity contribution in [3.63, 3.8) is 0 Å². The first kappa shape index (κ1) is 22.7. The number of para-hydroxylation sites is 1. The number of carbonyl (C=O) groups is 1. The van der Waals surface area contributed by atoms with Crippen LogP contribution in [0.2, 0.25) is 0 Å². The van der Waals surface area contributed by atoms with Crippen molar-refractivity contribution in [2.24, 2.45) is 0 Å². The minimum absolute atomic E-state index is 0.271. The van der Waals surface area contributed by atoms with E-state index < -0.39 is 5.63 Å². The van der Waals surface area contributed by atoms with E-state index in [9.17, 15) is 9.59 Å². The van der Waals surface area contributed by atoms with Gasteiger partial charge in [-0.25, -0.2) is 9.78 Å². The monoisotopic (exact) mass is 508 g/mol. The van der Waals surface area contributed by atoms with Crippen LogP contribution in [0.1, 0.15) is 10.4 Å². The molecule has 0 saturated carbocycles. The molecule has 7 rings (SSSR count). The molecule has 7 aromatic rings. The van der Waals surface area contributed by atoms with Gasteiger partial charge in [-0.3, -0.25) is 4.79 Å². The van der Waals surface area contributed by atoms with Crippen LogP contribution in [-0.2, 0) is 0 Å². The summed E-state index contributed by atoms with van der Waals surface area (Å²) in [5.74, 6) is 0.212. The maximum absolute atomic E-state index is 13.0. The molecule has 186 valence electrons. The summed E-state index contributed by atoms with van der Waals surface area (Å²) in [4.78, 5) is 30.3. The van der Waals surface area contributed by atoms with Gasteiger partial charge in [0.1, 0.15) is 11.1 Å². The van der Waals surface area contributed by atoms with E-state index in [0.29, 0.717) is 39.4 Å². The Balaban J connectivity index is 1.14. The number of aromatic nitrogens is 1. The second kappa shape index (κ2) is 9.11. The van der Waals surface area contributed by atoms with Crippen molar-refractivity contribution in [3.8, 4) is 22.6 Å². The fraction of sp³-hybridized carbons (Fsp3) is 0. The molecule has 0 aliphatic heterocycles. The average molecular weight is 509 g/mol. The summed E-state index contributed by atoms with van der Waals surface area (Å²) in [5, 5.41) is 5.90. The van der Waals surface area contributed by atoms with E-state index in [1.165, 1.54) is 0 Å². The summed E-state index contributed by atoms with van der Waals surface area (Å²) in [6.45, 7) is 0. The van der Waals surface area contributed by atoms with Crippen molar-refractivity contribution in [1.82, 2.24) is 4.98 Å². The Morgan fingerprint density at radius 2 is 1.46 bits per heavy atom. The van der Waals surface area contributed by atoms with Gasteiger partial charge in [-0.15, -0.1) is 0 Å². The number of amides is 1. The van der Waals surface area contributed by atoms with Crippen LogP contribution in [0.3, 0.4) is 0 Å². The fourth-order valence-corrected chi connectivity index (χ4v) is 4.78. The fourth-order valence-electron chi connectivity index (χ4n) is 4.78. The molecule has 0 bridgehead atoms. The molecule has 5 aromatic carbocycles. The Morgan fingerprint density at radius 3 is 2.33 bits per heavy atom. The summed E-state index contributed by atoms with van der Waals surface area (Å²) in [5.41, 5.74) is 4.58. The summed E-state index contributed by atoms with van der Waals surface area (Å²) in [7, 11) is 0. The molecule has 2 aromatic heterocycles. The zero-order valence-corrected chi connectivity index (χ0v) is 20.5. The number of nitrogens with zero attached hydrogens (tertiary/aromatic N) is 1. The highest BCUT2D eigenvalue weighted by molar-refractivity contribution is 6.05. The van der Waals surface area contributed by atoms with Crippen LogP contribution < -0.4 is 10.9 Å². The van der Waals surface area contributed by atoms with E-state index in [1.807, 2.05) is 78.9 Å². The van der Waals surface area contributed by atoms with E-state index >= 15 is 0 Å². The number of nitrogens with one attached hydrogen (secondary N) is 1. The van der Waals surface area contributed by atoms with Crippen molar-refractivity contribution in [1.29, 1.82) is 0 Å². The number of oxazole rings is 1. The molecular formula is C33H20N2O4. The highest BCUT2D eigenvalue weighted by Crippen LogP contribution is 2.31. The van der Waals surface area contributed by atoms with Crippen LogP contribution in [0.25, 0.3) is 55.4 Å². The average Bonchev–Trinajstić information content (AvgIpc) is 3.42. The van der Waals surface area contributed by atoms with E-state index in [4.69, 9.17) is 13.8 Å². The number of fused-ring (bicyclic) bond motifs is 4. The molecule has 0 atom stereocenters. The van der Waals surface area contributed by atoms with Gasteiger partial charge in [-0.2, -0.15) is 0 Å². The Kier molecular flexibility index (Phi) is 5.30. The van der Waals surface area contributed by atoms with Crippen molar-refractivity contribution >= 4 is 44.4 Å². The molecule has 1 N–H and O–H groups in total. The smallest absolute Gasteiger partial charge is 0.344 e. The Morgan fingerprint density at radius 1 is 0.667 bits per heavy atom. The molecular weight excluding hydrogens is 488 g/mol. The summed E-state index contributed by atoms with van der Waals surface area (Å²) in [6, 6.07) is 35.4. The molecule has 0 unspecified atom stereocenters. The number of benzene rings is 5. The zero-order valence-electron chi connectivity index (χ0n) is 20.5. The summed E-state index contributed by atoms with van der Waals surface area (Å²) < 4.78 is 11.5. The van der Waals surface area contributed by atoms with Crippen LogP contribution in [-0.4, -0.2) is 10.9 Å². The van der Waals surface area contributed by atoms with Crippen LogP contribution >= 0.6 is 0 Å². The van der Waals surface area contributed by atoms with Gasteiger partial charge < -0.3 is 14.2 Å². The minimum Gasteiger partial charge on any atom is -0.436 e. The minimum atomic E-state index is -0.421. The lowest BCUT2D eigenvalue weighted by atomic mass is 10.0. The highest BCUT2D eigenvalue weighted by Gasteiger charge is 2.14. The van der Waals surface area contributed by atoms with Gasteiger partial charge in [0.25, 0.3) is 5.91 Å². The third-order valence-electron chi connectivity index (χ3n) is 6.75. The normalized spacial score (nSPS) is 11.3. The molecule has 39 heavy (non-hydrogen) atoms. The summed E-state index contributed by atoms with van der Waals surface area (Å²) in [6.07, 6.45) is 0. The first-order valence-electron chi connectivity index (χ1n) is 12.5. The van der Waals surface area contributed by atoms with E-state index in [2.05, 4.69) is 5.32 Å². The predicted molar refractivity (Wildman–Crippen MR) is 153 cm³/mol. The van der Waals surface area contributed by atoms with Gasteiger partial charge in [-0.1, -0.05) is 66.7 Å². The number of hydrogen-bond acceptors (Lipinski definition) is 5. The number of anilines is 1. The number of carbonyl (C=O) groups excluding carboxylic acids is 1. The predicted octanol–water partition coefficient (Wildman–Crippen LogP) is 7.67. The lowest BCUT2D eigenvalue weighted by Crippen LogP contribution is -2.12. The van der Waals surface area contributed by atoms with Gasteiger partial charge in [0, 0.05) is 27.6 Å². The molecule has 0 radical (unpaired) electrons. The molecule has 2 heterocycles. The Labute approximate surface area is 222 Å². The molecule has 6 heteroatoms. The van der Waals surface area contributed by atoms with Gasteiger partial charge in [0.2, 0.25) is 5.89 Å². The highest BCUT2D eigenvalue weighted by atomic mass is 16.4. The van der Waals surface area contributed by atoms with E-state index in [-0.39, 0.29) is 5.91 Å². The first-order chi connectivity index (χ1) is 19.1. The molecule has 1 amide bonds. The van der Waals surface area contributed by atoms with Crippen LogP contribution in [0.15, 0.2) is 129 Å². The third kappa shape index (κ3) is 4.14. The topological polar surface area (TPSA) is 85.3 Å². The van der Waals surface area contributed by atoms with Crippen LogP contribution in [0, 0.1) is 0 Å². The Bertz CT molecular complexity index is 2090. The molecule has 6 nitrogen and oxygen atoms in total. The third-order valence-corrected chi connectivity index (χ3v) is 6.75. The number of hydrogen-bond donors (Lipinski definition) is 1. The van der Waals surface area contributed by atoms with E-state index in [1.54, 1.807) is 36.4 Å². The van der Waals surface area contributed by atoms with Gasteiger partial charge in [0.15, 0.2) is 5.58 Å². The standard InChI is InChI=1S/C33H20N2O4/c36-31(22-14-12-21(13-15-22)27-19-23-7-2-4-11-28(23)39-33(27)37)34-25-9-5-8-24(18-25)32-35-30-26-10-3-1-6-20(26)16-17-29(30)38-32/h1-19H,(H,34,36).